The van der Waals surface area contributed by atoms with Gasteiger partial charge < -0.3 is 11.5 Å². The van der Waals surface area contributed by atoms with Crippen molar-refractivity contribution in [2.45, 2.75) is 44.2 Å². The largest absolute Gasteiger partial charge is 0.319 e. The van der Waals surface area contributed by atoms with Gasteiger partial charge in [0.1, 0.15) is 0 Å². The molecule has 1 spiro atoms. The molecule has 2 aliphatic rings. The van der Waals surface area contributed by atoms with Crippen LogP contribution in [0.1, 0.15) is 32.1 Å². The van der Waals surface area contributed by atoms with E-state index in [2.05, 4.69) is 5.32 Å². The molecule has 0 radical (unpaired) electrons. The van der Waals surface area contributed by atoms with Gasteiger partial charge in [0.2, 0.25) is 11.8 Å². The quantitative estimate of drug-likeness (QED) is 0.459. The number of nitrogens with two attached hydrogens (primary N) is 2. The zero-order chi connectivity index (χ0) is 11.1. The first-order chi connectivity index (χ1) is 7.08. The lowest BCUT2D eigenvalue weighted by Gasteiger charge is -2.47. The molecule has 0 aromatic rings. The monoisotopic (exact) mass is 211 g/mol. The molecule has 1 saturated heterocycles. The van der Waals surface area contributed by atoms with E-state index in [0.29, 0.717) is 0 Å². The predicted octanol–water partition coefficient (Wildman–Crippen LogP) is -0.752. The summed E-state index contributed by atoms with van der Waals surface area (Å²) in [6.45, 7) is 0. The molecular weight excluding hydrogens is 194 g/mol. The first-order valence-electron chi connectivity index (χ1n) is 5.44. The fraction of sp³-hybridized carbons (Fsp3) is 0.800. The molecule has 2 atom stereocenters. The second-order valence-corrected chi connectivity index (χ2v) is 4.60. The Morgan fingerprint density at radius 2 is 1.47 bits per heavy atom. The van der Waals surface area contributed by atoms with Crippen molar-refractivity contribution in [3.05, 3.63) is 0 Å². The maximum atomic E-state index is 11.5. The van der Waals surface area contributed by atoms with Gasteiger partial charge in [-0.15, -0.1) is 0 Å². The SMILES string of the molecule is NC1C(=O)NC(=O)C(N)C12CCCCC2. The summed E-state index contributed by atoms with van der Waals surface area (Å²) in [6, 6.07) is -1.27. The maximum absolute atomic E-state index is 11.5. The van der Waals surface area contributed by atoms with E-state index in [-0.39, 0.29) is 11.8 Å². The van der Waals surface area contributed by atoms with Crippen LogP contribution in [0.3, 0.4) is 0 Å². The zero-order valence-electron chi connectivity index (χ0n) is 8.66. The van der Waals surface area contributed by atoms with Crippen LogP contribution in [-0.2, 0) is 9.59 Å². The second kappa shape index (κ2) is 3.57. The minimum absolute atomic E-state index is 0.372. The van der Waals surface area contributed by atoms with Crippen molar-refractivity contribution in [3.63, 3.8) is 0 Å². The number of hydrogen-bond acceptors (Lipinski definition) is 4. The third-order valence-corrected chi connectivity index (χ3v) is 3.83. The number of amides is 2. The molecule has 1 aliphatic carbocycles. The van der Waals surface area contributed by atoms with Gasteiger partial charge in [0.15, 0.2) is 0 Å². The highest BCUT2D eigenvalue weighted by atomic mass is 16.2. The van der Waals surface area contributed by atoms with Gasteiger partial charge in [-0.1, -0.05) is 19.3 Å². The van der Waals surface area contributed by atoms with E-state index >= 15 is 0 Å². The standard InChI is InChI=1S/C10H17N3O2/c11-6-8(14)13-9(15)7(12)10(6)4-2-1-3-5-10/h6-7H,1-5,11-12H2,(H,13,14,15). The van der Waals surface area contributed by atoms with Gasteiger partial charge in [0.25, 0.3) is 0 Å². The minimum Gasteiger partial charge on any atom is -0.319 e. The lowest BCUT2D eigenvalue weighted by atomic mass is 9.63. The molecule has 0 aromatic heterocycles. The van der Waals surface area contributed by atoms with Gasteiger partial charge in [0.05, 0.1) is 12.1 Å². The van der Waals surface area contributed by atoms with Crippen LogP contribution < -0.4 is 16.8 Å². The van der Waals surface area contributed by atoms with Gasteiger partial charge in [-0.3, -0.25) is 14.9 Å². The summed E-state index contributed by atoms with van der Waals surface area (Å²) >= 11 is 0. The summed E-state index contributed by atoms with van der Waals surface area (Å²) in [6.07, 6.45) is 4.71. The van der Waals surface area contributed by atoms with Crippen molar-refractivity contribution in [2.24, 2.45) is 16.9 Å². The molecular formula is C10H17N3O2. The Bertz CT molecular complexity index is 275. The average molecular weight is 211 g/mol. The van der Waals surface area contributed by atoms with Crippen LogP contribution >= 0.6 is 0 Å². The summed E-state index contributed by atoms with van der Waals surface area (Å²) in [4.78, 5) is 23.0. The van der Waals surface area contributed by atoms with Crippen molar-refractivity contribution >= 4 is 11.8 Å². The van der Waals surface area contributed by atoms with Gasteiger partial charge in [-0.05, 0) is 12.8 Å². The Morgan fingerprint density at radius 3 is 1.93 bits per heavy atom. The third-order valence-electron chi connectivity index (χ3n) is 3.83. The van der Waals surface area contributed by atoms with Crippen LogP contribution in [0, 0.1) is 5.41 Å². The van der Waals surface area contributed by atoms with Crippen LogP contribution in [0.2, 0.25) is 0 Å². The Labute approximate surface area is 88.6 Å². The Morgan fingerprint density at radius 1 is 1.00 bits per heavy atom. The zero-order valence-corrected chi connectivity index (χ0v) is 8.66. The number of hydrogen-bond donors (Lipinski definition) is 3. The fourth-order valence-electron chi connectivity index (χ4n) is 2.82. The van der Waals surface area contributed by atoms with Crippen LogP contribution in [0.15, 0.2) is 0 Å². The Kier molecular flexibility index (Phi) is 2.52. The van der Waals surface area contributed by atoms with Gasteiger partial charge in [-0.25, -0.2) is 0 Å². The van der Waals surface area contributed by atoms with E-state index in [1.165, 1.54) is 0 Å². The molecule has 5 N–H and O–H groups in total. The summed E-state index contributed by atoms with van der Waals surface area (Å²) in [5.41, 5.74) is 11.3. The maximum Gasteiger partial charge on any atom is 0.244 e. The number of nitrogens with one attached hydrogen (secondary N) is 1. The van der Waals surface area contributed by atoms with Crippen LogP contribution in [0.4, 0.5) is 0 Å². The van der Waals surface area contributed by atoms with E-state index in [9.17, 15) is 9.59 Å². The minimum atomic E-state index is -0.634. The molecule has 2 unspecified atom stereocenters. The second-order valence-electron chi connectivity index (χ2n) is 4.60. The molecule has 1 heterocycles. The summed E-state index contributed by atoms with van der Waals surface area (Å²) in [5, 5.41) is 2.22. The summed E-state index contributed by atoms with van der Waals surface area (Å²) in [5.74, 6) is -0.743. The van der Waals surface area contributed by atoms with Crippen molar-refractivity contribution in [1.29, 1.82) is 0 Å². The topological polar surface area (TPSA) is 98.2 Å². The molecule has 0 bridgehead atoms. The highest BCUT2D eigenvalue weighted by molar-refractivity contribution is 6.04. The van der Waals surface area contributed by atoms with E-state index in [1.807, 2.05) is 0 Å². The molecule has 15 heavy (non-hydrogen) atoms. The van der Waals surface area contributed by atoms with E-state index in [0.717, 1.165) is 32.1 Å². The molecule has 1 aliphatic heterocycles. The normalized spacial score (nSPS) is 35.3. The van der Waals surface area contributed by atoms with Crippen molar-refractivity contribution in [2.75, 3.05) is 0 Å². The molecule has 1 saturated carbocycles. The number of carbonyl (C=O) groups excluding carboxylic acids is 2. The summed E-state index contributed by atoms with van der Waals surface area (Å²) < 4.78 is 0. The Hall–Kier alpha value is -0.940. The van der Waals surface area contributed by atoms with Gasteiger partial charge in [0, 0.05) is 5.41 Å². The number of carbonyl (C=O) groups is 2. The number of rotatable bonds is 0. The predicted molar refractivity (Wildman–Crippen MR) is 54.6 cm³/mol. The summed E-state index contributed by atoms with van der Waals surface area (Å²) in [7, 11) is 0. The first-order valence-corrected chi connectivity index (χ1v) is 5.44. The van der Waals surface area contributed by atoms with Gasteiger partial charge in [-0.2, -0.15) is 0 Å². The smallest absolute Gasteiger partial charge is 0.244 e. The molecule has 0 aromatic carbocycles. The van der Waals surface area contributed by atoms with Crippen molar-refractivity contribution in [3.8, 4) is 0 Å². The molecule has 5 nitrogen and oxygen atoms in total. The van der Waals surface area contributed by atoms with Crippen LogP contribution in [0.5, 0.6) is 0 Å². The first kappa shape index (κ1) is 10.6. The van der Waals surface area contributed by atoms with Crippen LogP contribution in [-0.4, -0.2) is 23.9 Å². The van der Waals surface area contributed by atoms with Crippen LogP contribution in [0.25, 0.3) is 0 Å². The molecule has 2 amide bonds. The van der Waals surface area contributed by atoms with E-state index in [4.69, 9.17) is 11.5 Å². The lowest BCUT2D eigenvalue weighted by molar-refractivity contribution is -0.143. The van der Waals surface area contributed by atoms with Crippen molar-refractivity contribution < 1.29 is 9.59 Å². The Balaban J connectivity index is 2.31. The highest BCUT2D eigenvalue weighted by Gasteiger charge is 2.52. The number of imide groups is 1. The van der Waals surface area contributed by atoms with E-state index in [1.54, 1.807) is 0 Å². The molecule has 84 valence electrons. The molecule has 5 heteroatoms. The van der Waals surface area contributed by atoms with Gasteiger partial charge >= 0.3 is 0 Å². The third kappa shape index (κ3) is 1.46. The highest BCUT2D eigenvalue weighted by Crippen LogP contribution is 2.42. The van der Waals surface area contributed by atoms with E-state index < -0.39 is 17.5 Å². The van der Waals surface area contributed by atoms with Crippen molar-refractivity contribution in [1.82, 2.24) is 5.32 Å². The lowest BCUT2D eigenvalue weighted by Crippen LogP contribution is -2.70. The molecule has 2 fully saturated rings. The number of piperidine rings is 1. The average Bonchev–Trinajstić information content (AvgIpc) is 2.26. The molecule has 2 rings (SSSR count). The fourth-order valence-corrected chi connectivity index (χ4v) is 2.82.